The number of fused-ring (bicyclic) bond motifs is 1. The van der Waals surface area contributed by atoms with Crippen molar-refractivity contribution >= 4 is 17.5 Å². The number of rotatable bonds is 8. The predicted molar refractivity (Wildman–Crippen MR) is 148 cm³/mol. The van der Waals surface area contributed by atoms with E-state index in [1.165, 1.54) is 22.9 Å². The summed E-state index contributed by atoms with van der Waals surface area (Å²) < 4.78 is 13.2. The van der Waals surface area contributed by atoms with Crippen LogP contribution in [0.1, 0.15) is 53.0 Å². The Hall–Kier alpha value is -4.99. The van der Waals surface area contributed by atoms with Crippen LogP contribution in [-0.2, 0) is 13.0 Å². The third-order valence-electron chi connectivity index (χ3n) is 6.78. The van der Waals surface area contributed by atoms with Gasteiger partial charge in [-0.05, 0) is 75.1 Å². The molecule has 40 heavy (non-hydrogen) atoms. The van der Waals surface area contributed by atoms with E-state index < -0.39 is 4.92 Å². The summed E-state index contributed by atoms with van der Waals surface area (Å²) in [5.41, 5.74) is 3.27. The maximum atomic E-state index is 12.8. The smallest absolute Gasteiger partial charge is 0.274 e. The Balaban J connectivity index is 1.20. The molecule has 2 heterocycles. The van der Waals surface area contributed by atoms with E-state index in [0.29, 0.717) is 28.4 Å². The Bertz CT molecular complexity index is 1620. The van der Waals surface area contributed by atoms with Crippen LogP contribution in [0.5, 0.6) is 17.2 Å². The number of aromatic hydroxyl groups is 1. The monoisotopic (exact) mass is 540 g/mol. The second-order valence-corrected chi connectivity index (χ2v) is 10.2. The summed E-state index contributed by atoms with van der Waals surface area (Å²) in [5, 5.41) is 29.8. The lowest BCUT2D eigenvalue weighted by molar-refractivity contribution is -0.385. The highest BCUT2D eigenvalue weighted by Gasteiger charge is 2.28. The largest absolute Gasteiger partial charge is 0.507 e. The van der Waals surface area contributed by atoms with Gasteiger partial charge in [-0.1, -0.05) is 29.5 Å². The van der Waals surface area contributed by atoms with E-state index in [4.69, 9.17) is 9.47 Å². The standard InChI is InChI=1S/C30H28N4O6/c1-19-25(5-4-6-26(19)34(37)38)33-17-22(31-32-33)18-39-23-10-7-20(8-11-23)9-12-27(35)24-15-21-13-14-30(2,3)40-29(21)16-28(24)36/h4-12,15-17,36H,13-14,18H2,1-3H3/b12-9+. The van der Waals surface area contributed by atoms with Crippen LogP contribution < -0.4 is 9.47 Å². The summed E-state index contributed by atoms with van der Waals surface area (Å²) in [6, 6.07) is 15.2. The highest BCUT2D eigenvalue weighted by Crippen LogP contribution is 2.37. The number of nitro benzene ring substituents is 1. The minimum Gasteiger partial charge on any atom is -0.507 e. The molecule has 4 aromatic rings. The van der Waals surface area contributed by atoms with E-state index in [1.807, 2.05) is 26.0 Å². The molecule has 0 saturated carbocycles. The normalized spacial score (nSPS) is 14.0. The quantitative estimate of drug-likeness (QED) is 0.129. The maximum absolute atomic E-state index is 12.8. The Morgan fingerprint density at radius 3 is 2.75 bits per heavy atom. The highest BCUT2D eigenvalue weighted by molar-refractivity contribution is 6.08. The van der Waals surface area contributed by atoms with Crippen LogP contribution in [0.25, 0.3) is 11.8 Å². The third kappa shape index (κ3) is 5.70. The van der Waals surface area contributed by atoms with Crippen molar-refractivity contribution in [3.8, 4) is 22.9 Å². The number of nitrogens with zero attached hydrogens (tertiary/aromatic N) is 4. The fourth-order valence-electron chi connectivity index (χ4n) is 4.52. The Morgan fingerprint density at radius 1 is 1.23 bits per heavy atom. The van der Waals surface area contributed by atoms with Crippen LogP contribution in [0, 0.1) is 17.0 Å². The van der Waals surface area contributed by atoms with E-state index in [-0.39, 0.29) is 35.0 Å². The molecule has 204 valence electrons. The first-order chi connectivity index (χ1) is 19.1. The summed E-state index contributed by atoms with van der Waals surface area (Å²) in [7, 11) is 0. The van der Waals surface area contributed by atoms with Gasteiger partial charge in [-0.2, -0.15) is 0 Å². The molecule has 10 nitrogen and oxygen atoms in total. The molecule has 10 heteroatoms. The SMILES string of the molecule is Cc1c(-n2cc(COc3ccc(/C=C/C(=O)c4cc5c(cc4O)OC(C)(C)CC5)cc3)nn2)cccc1[N+](=O)[O-]. The first kappa shape index (κ1) is 26.6. The van der Waals surface area contributed by atoms with Gasteiger partial charge in [-0.3, -0.25) is 14.9 Å². The minimum absolute atomic E-state index is 0.0137. The van der Waals surface area contributed by atoms with Gasteiger partial charge >= 0.3 is 0 Å². The summed E-state index contributed by atoms with van der Waals surface area (Å²) in [6.07, 6.45) is 6.38. The lowest BCUT2D eigenvalue weighted by atomic mass is 9.92. The number of phenolic OH excluding ortho intramolecular Hbond substituents is 1. The fourth-order valence-corrected chi connectivity index (χ4v) is 4.52. The number of phenols is 1. The molecule has 5 rings (SSSR count). The van der Waals surface area contributed by atoms with Crippen molar-refractivity contribution in [3.05, 3.63) is 105 Å². The van der Waals surface area contributed by atoms with Crippen molar-refractivity contribution in [1.29, 1.82) is 0 Å². The van der Waals surface area contributed by atoms with E-state index in [0.717, 1.165) is 24.0 Å². The number of hydrogen-bond acceptors (Lipinski definition) is 8. The zero-order valence-electron chi connectivity index (χ0n) is 22.3. The number of allylic oxidation sites excluding steroid dienone is 1. The number of aromatic nitrogens is 3. The number of aryl methyl sites for hydroxylation is 1. The van der Waals surface area contributed by atoms with E-state index in [9.17, 15) is 20.0 Å². The van der Waals surface area contributed by atoms with Crippen LogP contribution in [0.3, 0.4) is 0 Å². The molecule has 0 amide bonds. The molecule has 1 aromatic heterocycles. The number of ether oxygens (including phenoxy) is 2. The topological polar surface area (TPSA) is 130 Å². The van der Waals surface area contributed by atoms with Crippen LogP contribution in [-0.4, -0.2) is 36.4 Å². The first-order valence-electron chi connectivity index (χ1n) is 12.8. The molecule has 0 unspecified atom stereocenters. The van der Waals surface area contributed by atoms with E-state index >= 15 is 0 Å². The van der Waals surface area contributed by atoms with Gasteiger partial charge in [0.1, 0.15) is 35.2 Å². The molecule has 3 aromatic carbocycles. The minimum atomic E-state index is -0.428. The zero-order chi connectivity index (χ0) is 28.4. The van der Waals surface area contributed by atoms with Crippen molar-refractivity contribution in [1.82, 2.24) is 15.0 Å². The number of hydrogen-bond donors (Lipinski definition) is 1. The Morgan fingerprint density at radius 2 is 2.00 bits per heavy atom. The van der Waals surface area contributed by atoms with Gasteiger partial charge in [-0.15, -0.1) is 5.10 Å². The molecular formula is C30H28N4O6. The lowest BCUT2D eigenvalue weighted by Crippen LogP contribution is -2.32. The molecule has 0 fully saturated rings. The number of nitro groups is 1. The van der Waals surface area contributed by atoms with Gasteiger partial charge in [-0.25, -0.2) is 4.68 Å². The van der Waals surface area contributed by atoms with Gasteiger partial charge in [0.05, 0.1) is 27.9 Å². The molecule has 0 bridgehead atoms. The third-order valence-corrected chi connectivity index (χ3v) is 6.78. The van der Waals surface area contributed by atoms with Crippen molar-refractivity contribution in [3.63, 3.8) is 0 Å². The van der Waals surface area contributed by atoms with Crippen LogP contribution in [0.2, 0.25) is 0 Å². The average molecular weight is 541 g/mol. The molecule has 0 aliphatic carbocycles. The second kappa shape index (κ2) is 10.6. The van der Waals surface area contributed by atoms with Gasteiger partial charge < -0.3 is 14.6 Å². The summed E-state index contributed by atoms with van der Waals surface area (Å²) >= 11 is 0. The van der Waals surface area contributed by atoms with Gasteiger partial charge in [0.2, 0.25) is 0 Å². The zero-order valence-corrected chi connectivity index (χ0v) is 22.3. The Kier molecular flexibility index (Phi) is 7.08. The van der Waals surface area contributed by atoms with Gasteiger partial charge in [0.15, 0.2) is 5.78 Å². The van der Waals surface area contributed by atoms with Crippen LogP contribution in [0.4, 0.5) is 5.69 Å². The summed E-state index contributed by atoms with van der Waals surface area (Å²) in [6.45, 7) is 5.82. The van der Waals surface area contributed by atoms with Gasteiger partial charge in [0.25, 0.3) is 5.69 Å². The Labute approximate surface area is 230 Å². The number of ketones is 1. The first-order valence-corrected chi connectivity index (χ1v) is 12.8. The van der Waals surface area contributed by atoms with Crippen LogP contribution in [0.15, 0.2) is 66.9 Å². The second-order valence-electron chi connectivity index (χ2n) is 10.2. The van der Waals surface area contributed by atoms with Crippen molar-refractivity contribution in [2.45, 2.75) is 45.8 Å². The molecule has 1 aliphatic heterocycles. The number of benzene rings is 3. The predicted octanol–water partition coefficient (Wildman–Crippen LogP) is 5.77. The molecule has 1 N–H and O–H groups in total. The molecule has 0 atom stereocenters. The van der Waals surface area contributed by atoms with E-state index in [2.05, 4.69) is 10.3 Å². The summed E-state index contributed by atoms with van der Waals surface area (Å²) in [4.78, 5) is 23.6. The summed E-state index contributed by atoms with van der Waals surface area (Å²) in [5.74, 6) is 0.811. The molecule has 0 spiro atoms. The van der Waals surface area contributed by atoms with Crippen molar-refractivity contribution in [2.75, 3.05) is 0 Å². The maximum Gasteiger partial charge on any atom is 0.274 e. The molecular weight excluding hydrogens is 512 g/mol. The number of carbonyl (C=O) groups excluding carboxylic acids is 1. The van der Waals surface area contributed by atoms with Gasteiger partial charge in [0, 0.05) is 12.1 Å². The molecule has 1 aliphatic rings. The van der Waals surface area contributed by atoms with E-state index in [1.54, 1.807) is 49.5 Å². The number of carbonyl (C=O) groups is 1. The fraction of sp³-hybridized carbons (Fsp3) is 0.233. The lowest BCUT2D eigenvalue weighted by Gasteiger charge is -2.32. The highest BCUT2D eigenvalue weighted by atomic mass is 16.6. The van der Waals surface area contributed by atoms with Crippen LogP contribution >= 0.6 is 0 Å². The molecule has 0 saturated heterocycles. The van der Waals surface area contributed by atoms with Crippen molar-refractivity contribution in [2.24, 2.45) is 0 Å². The average Bonchev–Trinajstić information content (AvgIpc) is 3.39. The molecule has 0 radical (unpaired) electrons. The van der Waals surface area contributed by atoms with Crippen molar-refractivity contribution < 1.29 is 24.3 Å².